The number of aliphatic hydroxyl groups is 1. The molecule has 0 aliphatic carbocycles. The molecule has 1 N–H and O–H groups in total. The van der Waals surface area contributed by atoms with Gasteiger partial charge in [0.1, 0.15) is 11.9 Å². The lowest BCUT2D eigenvalue weighted by Crippen LogP contribution is -1.99. The zero-order chi connectivity index (χ0) is 13.0. The van der Waals surface area contributed by atoms with Gasteiger partial charge in [0.25, 0.3) is 5.89 Å². The van der Waals surface area contributed by atoms with E-state index in [0.717, 1.165) is 0 Å². The molecule has 2 aromatic rings. The second-order valence-electron chi connectivity index (χ2n) is 3.71. The Morgan fingerprint density at radius 3 is 2.78 bits per heavy atom. The van der Waals surface area contributed by atoms with Gasteiger partial charge in [-0.05, 0) is 30.7 Å². The number of hydrogen-bond acceptors (Lipinski definition) is 5. The Balaban J connectivity index is 1.94. The van der Waals surface area contributed by atoms with Gasteiger partial charge >= 0.3 is 0 Å². The van der Waals surface area contributed by atoms with E-state index in [1.54, 1.807) is 24.3 Å². The minimum Gasteiger partial charge on any atom is -0.484 e. The predicted octanol–water partition coefficient (Wildman–Crippen LogP) is 2.75. The number of hydrogen-bond donors (Lipinski definition) is 1. The van der Waals surface area contributed by atoms with E-state index in [1.807, 2.05) is 6.92 Å². The molecule has 18 heavy (non-hydrogen) atoms. The zero-order valence-corrected chi connectivity index (χ0v) is 10.6. The van der Waals surface area contributed by atoms with Gasteiger partial charge in [-0.1, -0.05) is 23.7 Å². The Hall–Kier alpha value is -1.59. The summed E-state index contributed by atoms with van der Waals surface area (Å²) < 4.78 is 10.4. The first-order valence-electron chi connectivity index (χ1n) is 5.58. The summed E-state index contributed by atoms with van der Waals surface area (Å²) >= 11 is 5.76. The van der Waals surface area contributed by atoms with Crippen molar-refractivity contribution in [2.24, 2.45) is 0 Å². The van der Waals surface area contributed by atoms with Crippen LogP contribution < -0.4 is 4.74 Å². The van der Waals surface area contributed by atoms with Crippen molar-refractivity contribution in [3.05, 3.63) is 41.0 Å². The Morgan fingerprint density at radius 1 is 1.39 bits per heavy atom. The molecule has 5 nitrogen and oxygen atoms in total. The van der Waals surface area contributed by atoms with E-state index in [2.05, 4.69) is 10.1 Å². The molecule has 1 aromatic heterocycles. The number of aromatic nitrogens is 2. The topological polar surface area (TPSA) is 68.4 Å². The van der Waals surface area contributed by atoms with E-state index < -0.39 is 6.10 Å². The highest BCUT2D eigenvalue weighted by atomic mass is 35.5. The highest BCUT2D eigenvalue weighted by molar-refractivity contribution is 6.30. The molecular weight excluding hydrogens is 256 g/mol. The number of nitrogens with zero attached hydrogens (tertiary/aromatic N) is 2. The molecule has 1 aromatic carbocycles. The molecule has 96 valence electrons. The van der Waals surface area contributed by atoms with Crippen LogP contribution in [-0.4, -0.2) is 15.2 Å². The van der Waals surface area contributed by atoms with Crippen LogP contribution in [0.3, 0.4) is 0 Å². The van der Waals surface area contributed by atoms with Crippen molar-refractivity contribution in [2.45, 2.75) is 26.1 Å². The quantitative estimate of drug-likeness (QED) is 0.903. The smallest absolute Gasteiger partial charge is 0.264 e. The average Bonchev–Trinajstić information content (AvgIpc) is 2.86. The zero-order valence-electron chi connectivity index (χ0n) is 9.84. The van der Waals surface area contributed by atoms with E-state index in [9.17, 15) is 5.11 Å². The van der Waals surface area contributed by atoms with Gasteiger partial charge in [-0.15, -0.1) is 0 Å². The molecule has 0 radical (unpaired) electrons. The maximum Gasteiger partial charge on any atom is 0.264 e. The molecule has 1 unspecified atom stereocenters. The lowest BCUT2D eigenvalue weighted by atomic mass is 10.3. The molecule has 0 aliphatic heterocycles. The summed E-state index contributed by atoms with van der Waals surface area (Å²) in [5, 5.41) is 13.8. The van der Waals surface area contributed by atoms with Crippen molar-refractivity contribution in [1.29, 1.82) is 0 Å². The normalized spacial score (nSPS) is 12.4. The van der Waals surface area contributed by atoms with Crippen LogP contribution in [0.4, 0.5) is 0 Å². The Labute approximate surface area is 109 Å². The van der Waals surface area contributed by atoms with Crippen molar-refractivity contribution in [2.75, 3.05) is 0 Å². The fourth-order valence-corrected chi connectivity index (χ4v) is 1.45. The third-order valence-corrected chi connectivity index (χ3v) is 2.60. The maximum atomic E-state index is 9.52. The fourth-order valence-electron chi connectivity index (χ4n) is 1.32. The number of benzene rings is 1. The summed E-state index contributed by atoms with van der Waals surface area (Å²) in [6, 6.07) is 6.97. The summed E-state index contributed by atoms with van der Waals surface area (Å²) in [6.07, 6.45) is -0.158. The first-order chi connectivity index (χ1) is 8.69. The van der Waals surface area contributed by atoms with Crippen molar-refractivity contribution >= 4 is 11.6 Å². The molecule has 2 rings (SSSR count). The highest BCUT2D eigenvalue weighted by Crippen LogP contribution is 2.17. The van der Waals surface area contributed by atoms with Crippen LogP contribution in [0.5, 0.6) is 5.75 Å². The van der Waals surface area contributed by atoms with Crippen LogP contribution in [0.25, 0.3) is 0 Å². The molecule has 0 bridgehead atoms. The fraction of sp³-hybridized carbons (Fsp3) is 0.333. The van der Waals surface area contributed by atoms with Crippen LogP contribution >= 0.6 is 11.6 Å². The van der Waals surface area contributed by atoms with E-state index in [1.165, 1.54) is 0 Å². The largest absolute Gasteiger partial charge is 0.484 e. The summed E-state index contributed by atoms with van der Waals surface area (Å²) in [5.74, 6) is 1.27. The second kappa shape index (κ2) is 5.84. The Kier molecular flexibility index (Phi) is 4.17. The number of halogens is 1. The second-order valence-corrected chi connectivity index (χ2v) is 4.15. The SMILES string of the molecule is CCC(O)c1noc(COc2ccc(Cl)cc2)n1. The third-order valence-electron chi connectivity index (χ3n) is 2.34. The van der Waals surface area contributed by atoms with Gasteiger partial charge in [0.15, 0.2) is 12.4 Å². The maximum absolute atomic E-state index is 9.52. The van der Waals surface area contributed by atoms with Crippen molar-refractivity contribution in [1.82, 2.24) is 10.1 Å². The van der Waals surface area contributed by atoms with Crippen LogP contribution in [0, 0.1) is 0 Å². The van der Waals surface area contributed by atoms with E-state index >= 15 is 0 Å². The summed E-state index contributed by atoms with van der Waals surface area (Å²) in [4.78, 5) is 4.03. The minimum atomic E-state index is -0.696. The first-order valence-corrected chi connectivity index (χ1v) is 5.95. The van der Waals surface area contributed by atoms with Crippen molar-refractivity contribution in [3.63, 3.8) is 0 Å². The summed E-state index contributed by atoms with van der Waals surface area (Å²) in [6.45, 7) is 2.00. The van der Waals surface area contributed by atoms with Gasteiger partial charge < -0.3 is 14.4 Å². The molecule has 1 heterocycles. The molecule has 6 heteroatoms. The standard InChI is InChI=1S/C12H13ClN2O3/c1-2-10(16)12-14-11(18-15-12)7-17-9-5-3-8(13)4-6-9/h3-6,10,16H,2,7H2,1H3. The molecule has 1 atom stereocenters. The molecule has 0 spiro atoms. The Bertz CT molecular complexity index is 498. The van der Waals surface area contributed by atoms with E-state index in [4.69, 9.17) is 20.9 Å². The molecule has 0 fully saturated rings. The minimum absolute atomic E-state index is 0.158. The number of rotatable bonds is 5. The molecule has 0 saturated carbocycles. The van der Waals surface area contributed by atoms with Crippen LogP contribution in [0.2, 0.25) is 5.02 Å². The van der Waals surface area contributed by atoms with Gasteiger partial charge in [0.05, 0.1) is 0 Å². The average molecular weight is 269 g/mol. The molecule has 0 saturated heterocycles. The van der Waals surface area contributed by atoms with Crippen molar-refractivity contribution in [3.8, 4) is 5.75 Å². The summed E-state index contributed by atoms with van der Waals surface area (Å²) in [7, 11) is 0. The number of aliphatic hydroxyl groups excluding tert-OH is 1. The van der Waals surface area contributed by atoms with Gasteiger partial charge in [0, 0.05) is 5.02 Å². The number of ether oxygens (including phenoxy) is 1. The molecule has 0 amide bonds. The molecule has 0 aliphatic rings. The van der Waals surface area contributed by atoms with Crippen LogP contribution in [0.15, 0.2) is 28.8 Å². The van der Waals surface area contributed by atoms with E-state index in [0.29, 0.717) is 23.1 Å². The van der Waals surface area contributed by atoms with Gasteiger partial charge in [-0.3, -0.25) is 0 Å². The lowest BCUT2D eigenvalue weighted by Gasteiger charge is -2.02. The van der Waals surface area contributed by atoms with Crippen LogP contribution in [0.1, 0.15) is 31.2 Å². The van der Waals surface area contributed by atoms with Gasteiger partial charge in [0.2, 0.25) is 0 Å². The van der Waals surface area contributed by atoms with E-state index in [-0.39, 0.29) is 12.4 Å². The lowest BCUT2D eigenvalue weighted by molar-refractivity contribution is 0.159. The summed E-state index contributed by atoms with van der Waals surface area (Å²) in [5.41, 5.74) is 0. The first kappa shape index (κ1) is 12.9. The van der Waals surface area contributed by atoms with Crippen molar-refractivity contribution < 1.29 is 14.4 Å². The van der Waals surface area contributed by atoms with Crippen LogP contribution in [-0.2, 0) is 6.61 Å². The predicted molar refractivity (Wildman–Crippen MR) is 65.3 cm³/mol. The third kappa shape index (κ3) is 3.21. The van der Waals surface area contributed by atoms with Gasteiger partial charge in [-0.2, -0.15) is 4.98 Å². The van der Waals surface area contributed by atoms with Gasteiger partial charge in [-0.25, -0.2) is 0 Å². The highest BCUT2D eigenvalue weighted by Gasteiger charge is 2.13. The molecular formula is C12H13ClN2O3. The Morgan fingerprint density at radius 2 is 2.11 bits per heavy atom. The monoisotopic (exact) mass is 268 g/mol.